The van der Waals surface area contributed by atoms with Crippen LogP contribution in [0.15, 0.2) is 57.9 Å². The summed E-state index contributed by atoms with van der Waals surface area (Å²) in [5.41, 5.74) is 1.65. The van der Waals surface area contributed by atoms with E-state index < -0.39 is 15.1 Å². The highest BCUT2D eigenvalue weighted by Crippen LogP contribution is 2.33. The van der Waals surface area contributed by atoms with Crippen molar-refractivity contribution in [2.24, 2.45) is 0 Å². The number of carbonyl (C=O) groups excluding carboxylic acids is 1. The van der Waals surface area contributed by atoms with Crippen LogP contribution in [0.5, 0.6) is 0 Å². The number of aryl methyl sites for hydroxylation is 1. The molecule has 0 fully saturated rings. The lowest BCUT2D eigenvalue weighted by atomic mass is 10.1. The zero-order valence-electron chi connectivity index (χ0n) is 14.2. The molecule has 2 aromatic rings. The maximum atomic E-state index is 13.1. The first-order valence-electron chi connectivity index (χ1n) is 8.06. The number of ether oxygens (including phenoxy) is 1. The molecule has 0 aromatic heterocycles. The Labute approximate surface area is 157 Å². The van der Waals surface area contributed by atoms with E-state index in [1.807, 2.05) is 6.92 Å². The molecule has 1 atom stereocenters. The van der Waals surface area contributed by atoms with Gasteiger partial charge in [0.15, 0.2) is 9.84 Å². The van der Waals surface area contributed by atoms with Crippen LogP contribution in [0, 0.1) is 6.92 Å². The van der Waals surface area contributed by atoms with E-state index in [0.717, 1.165) is 10.0 Å². The third-order valence-electron chi connectivity index (χ3n) is 3.88. The highest BCUT2D eigenvalue weighted by atomic mass is 79.9. The molecular weight excluding hydrogens is 404 g/mol. The van der Waals surface area contributed by atoms with Gasteiger partial charge in [-0.2, -0.15) is 0 Å². The Morgan fingerprint density at radius 1 is 1.08 bits per heavy atom. The number of hydrogen-bond acceptors (Lipinski definition) is 4. The molecule has 1 unspecified atom stereocenters. The maximum absolute atomic E-state index is 13.1. The molecule has 0 aliphatic rings. The second-order valence-corrected chi connectivity index (χ2v) is 8.79. The van der Waals surface area contributed by atoms with Crippen molar-refractivity contribution >= 4 is 31.7 Å². The van der Waals surface area contributed by atoms with E-state index in [-0.39, 0.29) is 30.3 Å². The number of rotatable bonds is 7. The van der Waals surface area contributed by atoms with Crippen LogP contribution in [-0.2, 0) is 19.4 Å². The number of hydrogen-bond donors (Lipinski definition) is 0. The highest BCUT2D eigenvalue weighted by molar-refractivity contribution is 9.10. The van der Waals surface area contributed by atoms with Gasteiger partial charge in [0.2, 0.25) is 0 Å². The van der Waals surface area contributed by atoms with Crippen molar-refractivity contribution in [3.05, 3.63) is 64.1 Å². The van der Waals surface area contributed by atoms with E-state index in [1.54, 1.807) is 55.5 Å². The van der Waals surface area contributed by atoms with Crippen molar-refractivity contribution in [2.45, 2.75) is 36.8 Å². The number of benzene rings is 2. The van der Waals surface area contributed by atoms with Crippen LogP contribution >= 0.6 is 15.9 Å². The van der Waals surface area contributed by atoms with Gasteiger partial charge in [-0.3, -0.25) is 4.79 Å². The summed E-state index contributed by atoms with van der Waals surface area (Å²) in [5, 5.41) is -0.798. The number of carbonyl (C=O) groups is 1. The quantitative estimate of drug-likeness (QED) is 0.608. The largest absolute Gasteiger partial charge is 0.466 e. The van der Waals surface area contributed by atoms with E-state index in [9.17, 15) is 13.2 Å². The summed E-state index contributed by atoms with van der Waals surface area (Å²) in [7, 11) is -3.62. The Kier molecular flexibility index (Phi) is 6.79. The molecule has 0 bridgehead atoms. The molecule has 0 saturated carbocycles. The lowest BCUT2D eigenvalue weighted by Crippen LogP contribution is -2.16. The van der Waals surface area contributed by atoms with Crippen LogP contribution in [-0.4, -0.2) is 21.0 Å². The first-order chi connectivity index (χ1) is 11.8. The molecule has 0 spiro atoms. The van der Waals surface area contributed by atoms with Gasteiger partial charge >= 0.3 is 5.97 Å². The van der Waals surface area contributed by atoms with Crippen molar-refractivity contribution in [1.82, 2.24) is 0 Å². The average Bonchev–Trinajstić information content (AvgIpc) is 2.57. The number of sulfone groups is 1. The lowest BCUT2D eigenvalue weighted by Gasteiger charge is -2.18. The standard InChI is InChI=1S/C19H21BrO4S/c1-3-24-19(21)13-12-18(15-6-8-16(20)9-7-15)25(22,23)17-10-4-14(2)5-11-17/h4-11,18H,3,12-13H2,1-2H3. The molecule has 25 heavy (non-hydrogen) atoms. The molecule has 0 heterocycles. The SMILES string of the molecule is CCOC(=O)CCC(c1ccc(Br)cc1)S(=O)(=O)c1ccc(C)cc1. The normalized spacial score (nSPS) is 12.6. The zero-order chi connectivity index (χ0) is 18.4. The fraction of sp³-hybridized carbons (Fsp3) is 0.316. The Balaban J connectivity index is 2.37. The molecule has 0 saturated heterocycles. The van der Waals surface area contributed by atoms with E-state index in [1.165, 1.54) is 0 Å². The van der Waals surface area contributed by atoms with Gasteiger partial charge in [-0.25, -0.2) is 8.42 Å². The van der Waals surface area contributed by atoms with Gasteiger partial charge in [-0.15, -0.1) is 0 Å². The van der Waals surface area contributed by atoms with Crippen LogP contribution in [0.4, 0.5) is 0 Å². The van der Waals surface area contributed by atoms with E-state index >= 15 is 0 Å². The van der Waals surface area contributed by atoms with Crippen molar-refractivity contribution in [3.63, 3.8) is 0 Å². The minimum absolute atomic E-state index is 0.0552. The van der Waals surface area contributed by atoms with Gasteiger partial charge in [0.1, 0.15) is 0 Å². The van der Waals surface area contributed by atoms with Crippen molar-refractivity contribution < 1.29 is 17.9 Å². The van der Waals surface area contributed by atoms with Crippen molar-refractivity contribution in [2.75, 3.05) is 6.61 Å². The number of halogens is 1. The Hall–Kier alpha value is -1.66. The average molecular weight is 425 g/mol. The summed E-state index contributed by atoms with van der Waals surface area (Å²) in [5.74, 6) is -0.385. The van der Waals surface area contributed by atoms with Gasteiger partial charge in [-0.05, 0) is 50.1 Å². The first-order valence-corrected chi connectivity index (χ1v) is 10.4. The highest BCUT2D eigenvalue weighted by Gasteiger charge is 2.29. The van der Waals surface area contributed by atoms with Gasteiger partial charge in [0.25, 0.3) is 0 Å². The molecule has 2 aromatic carbocycles. The predicted molar refractivity (Wildman–Crippen MR) is 101 cm³/mol. The molecule has 6 heteroatoms. The van der Waals surface area contributed by atoms with E-state index in [0.29, 0.717) is 5.56 Å². The third kappa shape index (κ3) is 5.16. The second-order valence-electron chi connectivity index (χ2n) is 5.74. The monoisotopic (exact) mass is 424 g/mol. The third-order valence-corrected chi connectivity index (χ3v) is 6.60. The molecule has 0 aliphatic carbocycles. The lowest BCUT2D eigenvalue weighted by molar-refractivity contribution is -0.143. The minimum Gasteiger partial charge on any atom is -0.466 e. The van der Waals surface area contributed by atoms with Crippen molar-refractivity contribution in [3.8, 4) is 0 Å². The summed E-state index contributed by atoms with van der Waals surface area (Å²) in [6.07, 6.45) is 0.232. The molecule has 0 amide bonds. The summed E-state index contributed by atoms with van der Waals surface area (Å²) < 4.78 is 32.1. The Bertz CT molecular complexity index is 812. The predicted octanol–water partition coefficient (Wildman–Crippen LogP) is 4.62. The first kappa shape index (κ1) is 19.7. The smallest absolute Gasteiger partial charge is 0.305 e. The van der Waals surface area contributed by atoms with Gasteiger partial charge in [0.05, 0.1) is 16.8 Å². The summed E-state index contributed by atoms with van der Waals surface area (Å²) >= 11 is 3.36. The second kappa shape index (κ2) is 8.63. The van der Waals surface area contributed by atoms with Crippen LogP contribution in [0.3, 0.4) is 0 Å². The van der Waals surface area contributed by atoms with Crippen LogP contribution in [0.1, 0.15) is 36.1 Å². The zero-order valence-corrected chi connectivity index (χ0v) is 16.6. The van der Waals surface area contributed by atoms with Gasteiger partial charge in [-0.1, -0.05) is 45.8 Å². The maximum Gasteiger partial charge on any atom is 0.305 e. The fourth-order valence-electron chi connectivity index (χ4n) is 2.55. The fourth-order valence-corrected chi connectivity index (χ4v) is 4.60. The van der Waals surface area contributed by atoms with E-state index in [4.69, 9.17) is 4.74 Å². The molecular formula is C19H21BrO4S. The minimum atomic E-state index is -3.62. The molecule has 134 valence electrons. The topological polar surface area (TPSA) is 60.4 Å². The summed E-state index contributed by atoms with van der Waals surface area (Å²) in [4.78, 5) is 12.0. The molecule has 2 rings (SSSR count). The van der Waals surface area contributed by atoms with Crippen LogP contribution in [0.2, 0.25) is 0 Å². The summed E-state index contributed by atoms with van der Waals surface area (Å²) in [6.45, 7) is 3.92. The Morgan fingerprint density at radius 3 is 2.24 bits per heavy atom. The molecule has 0 aliphatic heterocycles. The van der Waals surface area contributed by atoms with Crippen molar-refractivity contribution in [1.29, 1.82) is 0 Å². The van der Waals surface area contributed by atoms with Gasteiger partial charge in [0, 0.05) is 10.9 Å². The Morgan fingerprint density at radius 2 is 1.68 bits per heavy atom. The molecule has 0 N–H and O–H groups in total. The molecule has 4 nitrogen and oxygen atoms in total. The summed E-state index contributed by atoms with van der Waals surface area (Å²) in [6, 6.07) is 13.9. The van der Waals surface area contributed by atoms with E-state index in [2.05, 4.69) is 15.9 Å². The van der Waals surface area contributed by atoms with Gasteiger partial charge < -0.3 is 4.74 Å². The molecule has 0 radical (unpaired) electrons. The van der Waals surface area contributed by atoms with Crippen LogP contribution in [0.25, 0.3) is 0 Å². The van der Waals surface area contributed by atoms with Crippen LogP contribution < -0.4 is 0 Å². The number of esters is 1.